The molecule has 1 saturated heterocycles. The third-order valence-corrected chi connectivity index (χ3v) is 8.22. The minimum atomic E-state index is -3.99. The van der Waals surface area contributed by atoms with Crippen LogP contribution in [0.3, 0.4) is 0 Å². The average molecular weight is 466 g/mol. The number of azo groups is 1. The fourth-order valence-electron chi connectivity index (χ4n) is 5.51. The maximum Gasteiger partial charge on any atom is 0.239 e. The summed E-state index contributed by atoms with van der Waals surface area (Å²) in [6.45, 7) is 2.24. The second-order valence-electron chi connectivity index (χ2n) is 9.41. The molecule has 0 amide bonds. The Kier molecular flexibility index (Phi) is 6.40. The molecule has 174 valence electrons. The first kappa shape index (κ1) is 22.4. The Morgan fingerprint density at radius 2 is 1.79 bits per heavy atom. The number of sulfonamides is 1. The molecule has 2 heterocycles. The number of nitrogens with two attached hydrogens (primary N) is 1. The van der Waals surface area contributed by atoms with Crippen LogP contribution >= 0.6 is 0 Å². The SMILES string of the molecule is NS(=O)(=O)c1c(CC2CCCCC2)ccc(-c2ccc(C3CCNC3)cc2)c1C1=NCN=N1. The highest BCUT2D eigenvalue weighted by molar-refractivity contribution is 7.89. The van der Waals surface area contributed by atoms with Gasteiger partial charge in [0.05, 0.1) is 4.90 Å². The zero-order valence-corrected chi connectivity index (χ0v) is 19.7. The normalized spacial score (nSPS) is 21.5. The van der Waals surface area contributed by atoms with E-state index in [1.165, 1.54) is 24.8 Å². The first-order chi connectivity index (χ1) is 16.0. The molecule has 2 aromatic rings. The highest BCUT2D eigenvalue weighted by Gasteiger charge is 2.29. The summed E-state index contributed by atoms with van der Waals surface area (Å²) in [5, 5.41) is 17.4. The van der Waals surface area contributed by atoms with Crippen molar-refractivity contribution >= 4 is 15.9 Å². The Balaban J connectivity index is 1.61. The number of benzene rings is 2. The van der Waals surface area contributed by atoms with Crippen LogP contribution < -0.4 is 10.5 Å². The van der Waals surface area contributed by atoms with Crippen molar-refractivity contribution in [1.82, 2.24) is 5.32 Å². The lowest BCUT2D eigenvalue weighted by molar-refractivity contribution is 0.355. The standard InChI is InChI=1S/C25H31N5O2S/c26-33(31,32)24-20(14-17-4-2-1-3-5-17)10-11-22(23(24)25-28-16-29-30-25)19-8-6-18(7-9-19)21-12-13-27-15-21/h6-11,17,21,27H,1-5,12-16H2,(H2,26,31,32). The third kappa shape index (κ3) is 4.78. The second kappa shape index (κ2) is 9.44. The fraction of sp³-hybridized carbons (Fsp3) is 0.480. The summed E-state index contributed by atoms with van der Waals surface area (Å²) in [4.78, 5) is 4.55. The quantitative estimate of drug-likeness (QED) is 0.661. The molecule has 1 aliphatic carbocycles. The predicted octanol–water partition coefficient (Wildman–Crippen LogP) is 4.37. The van der Waals surface area contributed by atoms with Crippen molar-refractivity contribution in [3.63, 3.8) is 0 Å². The summed E-state index contributed by atoms with van der Waals surface area (Å²) >= 11 is 0. The summed E-state index contributed by atoms with van der Waals surface area (Å²) < 4.78 is 25.9. The van der Waals surface area contributed by atoms with Crippen molar-refractivity contribution in [2.24, 2.45) is 26.3 Å². The first-order valence-corrected chi connectivity index (χ1v) is 13.5. The molecule has 0 spiro atoms. The Labute approximate surface area is 195 Å². The van der Waals surface area contributed by atoms with Gasteiger partial charge in [0.15, 0.2) is 12.5 Å². The lowest BCUT2D eigenvalue weighted by Gasteiger charge is -2.24. The number of amidine groups is 1. The van der Waals surface area contributed by atoms with E-state index in [0.29, 0.717) is 29.7 Å². The van der Waals surface area contributed by atoms with Crippen molar-refractivity contribution in [3.05, 3.63) is 53.1 Å². The summed E-state index contributed by atoms with van der Waals surface area (Å²) in [6, 6.07) is 12.3. The molecule has 0 bridgehead atoms. The summed E-state index contributed by atoms with van der Waals surface area (Å²) in [6.07, 6.45) is 7.74. The molecule has 2 aromatic carbocycles. The van der Waals surface area contributed by atoms with Crippen LogP contribution in [0.2, 0.25) is 0 Å². The van der Waals surface area contributed by atoms with E-state index >= 15 is 0 Å². The van der Waals surface area contributed by atoms with Gasteiger partial charge in [0.2, 0.25) is 10.0 Å². The van der Waals surface area contributed by atoms with E-state index in [1.54, 1.807) is 0 Å². The molecule has 33 heavy (non-hydrogen) atoms. The predicted molar refractivity (Wildman–Crippen MR) is 130 cm³/mol. The number of nitrogens with zero attached hydrogens (tertiary/aromatic N) is 3. The number of aliphatic imine (C=N–C) groups is 1. The van der Waals surface area contributed by atoms with Gasteiger partial charge in [-0.1, -0.05) is 68.5 Å². The molecule has 3 aliphatic rings. The largest absolute Gasteiger partial charge is 0.316 e. The molecule has 1 unspecified atom stereocenters. The molecule has 2 fully saturated rings. The van der Waals surface area contributed by atoms with E-state index in [0.717, 1.165) is 49.0 Å². The van der Waals surface area contributed by atoms with Crippen molar-refractivity contribution in [2.75, 3.05) is 19.8 Å². The van der Waals surface area contributed by atoms with Crippen molar-refractivity contribution in [3.8, 4) is 11.1 Å². The van der Waals surface area contributed by atoms with E-state index in [4.69, 9.17) is 5.14 Å². The lowest BCUT2D eigenvalue weighted by Crippen LogP contribution is -2.21. The monoisotopic (exact) mass is 465 g/mol. The first-order valence-electron chi connectivity index (χ1n) is 11.9. The van der Waals surface area contributed by atoms with Crippen LogP contribution in [-0.2, 0) is 16.4 Å². The smallest absolute Gasteiger partial charge is 0.239 e. The molecular weight excluding hydrogens is 434 g/mol. The second-order valence-corrected chi connectivity index (χ2v) is 10.9. The van der Waals surface area contributed by atoms with E-state index in [1.807, 2.05) is 12.1 Å². The Morgan fingerprint density at radius 3 is 2.42 bits per heavy atom. The Morgan fingerprint density at radius 1 is 1.00 bits per heavy atom. The maximum atomic E-state index is 12.9. The van der Waals surface area contributed by atoms with Crippen LogP contribution in [0.4, 0.5) is 0 Å². The van der Waals surface area contributed by atoms with Crippen LogP contribution in [-0.4, -0.2) is 34.0 Å². The molecule has 5 rings (SSSR count). The van der Waals surface area contributed by atoms with Crippen LogP contribution in [0.1, 0.15) is 61.1 Å². The molecule has 0 radical (unpaired) electrons. The van der Waals surface area contributed by atoms with Gasteiger partial charge in [0.25, 0.3) is 0 Å². The summed E-state index contributed by atoms with van der Waals surface area (Å²) in [5.41, 5.74) is 4.26. The van der Waals surface area contributed by atoms with Crippen LogP contribution in [0.25, 0.3) is 11.1 Å². The molecule has 1 saturated carbocycles. The lowest BCUT2D eigenvalue weighted by atomic mass is 9.84. The van der Waals surface area contributed by atoms with Gasteiger partial charge in [-0.05, 0) is 53.5 Å². The van der Waals surface area contributed by atoms with Crippen molar-refractivity contribution in [2.45, 2.75) is 55.8 Å². The number of hydrogen-bond acceptors (Lipinski definition) is 6. The minimum Gasteiger partial charge on any atom is -0.316 e. The van der Waals surface area contributed by atoms with Crippen LogP contribution in [0.5, 0.6) is 0 Å². The molecular formula is C25H31N5O2S. The molecule has 3 N–H and O–H groups in total. The minimum absolute atomic E-state index is 0.161. The van der Waals surface area contributed by atoms with Gasteiger partial charge >= 0.3 is 0 Å². The number of hydrogen-bond donors (Lipinski definition) is 2. The topological polar surface area (TPSA) is 109 Å². The van der Waals surface area contributed by atoms with E-state index in [9.17, 15) is 8.42 Å². The highest BCUT2D eigenvalue weighted by Crippen LogP contribution is 2.36. The number of nitrogens with one attached hydrogen (secondary N) is 1. The Bertz CT molecular complexity index is 1180. The van der Waals surface area contributed by atoms with E-state index < -0.39 is 10.0 Å². The van der Waals surface area contributed by atoms with Crippen LogP contribution in [0, 0.1) is 5.92 Å². The zero-order chi connectivity index (χ0) is 22.8. The summed E-state index contributed by atoms with van der Waals surface area (Å²) in [5.74, 6) is 1.34. The van der Waals surface area contributed by atoms with Gasteiger partial charge in [-0.15, -0.1) is 5.11 Å². The van der Waals surface area contributed by atoms with Gasteiger partial charge in [-0.3, -0.25) is 0 Å². The van der Waals surface area contributed by atoms with Crippen molar-refractivity contribution < 1.29 is 8.42 Å². The fourth-order valence-corrected chi connectivity index (χ4v) is 6.51. The molecule has 2 aliphatic heterocycles. The highest BCUT2D eigenvalue weighted by atomic mass is 32.2. The number of primary sulfonamides is 1. The van der Waals surface area contributed by atoms with Gasteiger partial charge < -0.3 is 5.32 Å². The van der Waals surface area contributed by atoms with E-state index in [2.05, 4.69) is 44.8 Å². The molecule has 1 atom stereocenters. The average Bonchev–Trinajstić information content (AvgIpc) is 3.53. The number of rotatable bonds is 6. The third-order valence-electron chi connectivity index (χ3n) is 7.18. The van der Waals surface area contributed by atoms with Crippen molar-refractivity contribution in [1.29, 1.82) is 0 Å². The van der Waals surface area contributed by atoms with Gasteiger partial charge in [-0.25, -0.2) is 18.5 Å². The maximum absolute atomic E-state index is 12.9. The van der Waals surface area contributed by atoms with Gasteiger partial charge in [0.1, 0.15) is 0 Å². The zero-order valence-electron chi connectivity index (χ0n) is 18.8. The molecule has 8 heteroatoms. The molecule has 0 aromatic heterocycles. The Hall–Kier alpha value is -2.42. The van der Waals surface area contributed by atoms with Crippen LogP contribution in [0.15, 0.2) is 56.5 Å². The van der Waals surface area contributed by atoms with Gasteiger partial charge in [0, 0.05) is 12.1 Å². The van der Waals surface area contributed by atoms with Gasteiger partial charge in [-0.2, -0.15) is 5.11 Å². The summed E-state index contributed by atoms with van der Waals surface area (Å²) in [7, 11) is -3.99. The molecule has 7 nitrogen and oxygen atoms in total. The van der Waals surface area contributed by atoms with E-state index in [-0.39, 0.29) is 11.6 Å².